The van der Waals surface area contributed by atoms with Crippen molar-refractivity contribution in [3.63, 3.8) is 0 Å². The zero-order valence-corrected chi connectivity index (χ0v) is 9.60. The average Bonchev–Trinajstić information content (AvgIpc) is 2.11. The third kappa shape index (κ3) is 6.18. The van der Waals surface area contributed by atoms with E-state index in [0.717, 1.165) is 12.8 Å². The van der Waals surface area contributed by atoms with Crippen LogP contribution in [0.3, 0.4) is 0 Å². The van der Waals surface area contributed by atoms with Crippen molar-refractivity contribution in [3.05, 3.63) is 0 Å². The standard InChI is InChI=1S/C9H21NO2S/c1-4-6-7-9(5-2)8-10(3)13(11)12/h9H,4-8H2,1-3H3,(H,11,12)/p-1. The molecule has 13 heavy (non-hydrogen) atoms. The van der Waals surface area contributed by atoms with Crippen molar-refractivity contribution in [1.29, 1.82) is 0 Å². The van der Waals surface area contributed by atoms with Gasteiger partial charge in [-0.25, -0.2) is 4.31 Å². The first-order valence-electron chi connectivity index (χ1n) is 4.92. The second-order valence-corrected chi connectivity index (χ2v) is 4.50. The highest BCUT2D eigenvalue weighted by molar-refractivity contribution is 7.76. The van der Waals surface area contributed by atoms with Crippen LogP contribution in [0.25, 0.3) is 0 Å². The highest BCUT2D eigenvalue weighted by atomic mass is 32.2. The smallest absolute Gasteiger partial charge is 0.0206 e. The van der Waals surface area contributed by atoms with E-state index >= 15 is 0 Å². The Morgan fingerprint density at radius 3 is 2.46 bits per heavy atom. The summed E-state index contributed by atoms with van der Waals surface area (Å²) in [5.74, 6) is 0.517. The molecule has 4 heteroatoms. The molecule has 0 heterocycles. The van der Waals surface area contributed by atoms with E-state index in [-0.39, 0.29) is 0 Å². The molecule has 0 N–H and O–H groups in total. The van der Waals surface area contributed by atoms with Crippen LogP contribution in [0.2, 0.25) is 0 Å². The Hall–Kier alpha value is 0.0700. The van der Waals surface area contributed by atoms with Gasteiger partial charge in [-0.2, -0.15) is 0 Å². The lowest BCUT2D eigenvalue weighted by atomic mass is 10.00. The predicted molar refractivity (Wildman–Crippen MR) is 54.9 cm³/mol. The summed E-state index contributed by atoms with van der Waals surface area (Å²) in [5.41, 5.74) is 0. The molecule has 0 saturated carbocycles. The summed E-state index contributed by atoms with van der Waals surface area (Å²) >= 11 is -2.05. The van der Waals surface area contributed by atoms with E-state index in [4.69, 9.17) is 0 Å². The molecule has 0 aliphatic rings. The van der Waals surface area contributed by atoms with Crippen LogP contribution in [0.5, 0.6) is 0 Å². The molecule has 0 aromatic rings. The van der Waals surface area contributed by atoms with Gasteiger partial charge >= 0.3 is 0 Å². The first-order valence-corrected chi connectivity index (χ1v) is 5.95. The Labute approximate surface area is 83.9 Å². The van der Waals surface area contributed by atoms with E-state index < -0.39 is 11.3 Å². The second kappa shape index (κ2) is 7.47. The lowest BCUT2D eigenvalue weighted by Crippen LogP contribution is -2.27. The first-order chi connectivity index (χ1) is 6.11. The summed E-state index contributed by atoms with van der Waals surface area (Å²) in [6.07, 6.45) is 4.56. The maximum atomic E-state index is 10.6. The van der Waals surface area contributed by atoms with Crippen molar-refractivity contribution >= 4 is 11.3 Å². The van der Waals surface area contributed by atoms with Gasteiger partial charge in [-0.1, -0.05) is 33.1 Å². The number of nitrogens with zero attached hydrogens (tertiary/aromatic N) is 1. The molecule has 0 fully saturated rings. The van der Waals surface area contributed by atoms with E-state index in [1.807, 2.05) is 0 Å². The molecule has 0 radical (unpaired) electrons. The van der Waals surface area contributed by atoms with Gasteiger partial charge in [0, 0.05) is 17.8 Å². The number of rotatable bonds is 7. The average molecular weight is 206 g/mol. The van der Waals surface area contributed by atoms with Gasteiger partial charge < -0.3 is 4.55 Å². The molecule has 0 spiro atoms. The lowest BCUT2D eigenvalue weighted by molar-refractivity contribution is 0.341. The van der Waals surface area contributed by atoms with E-state index in [1.165, 1.54) is 17.1 Å². The van der Waals surface area contributed by atoms with Gasteiger partial charge in [-0.05, 0) is 19.4 Å². The van der Waals surface area contributed by atoms with Crippen LogP contribution < -0.4 is 0 Å². The molecule has 80 valence electrons. The van der Waals surface area contributed by atoms with Crippen LogP contribution in [0.15, 0.2) is 0 Å². The molecule has 0 aromatic heterocycles. The SMILES string of the molecule is CCCCC(CC)CN(C)S(=O)[O-]. The number of hydrogen-bond acceptors (Lipinski definition) is 2. The van der Waals surface area contributed by atoms with Crippen LogP contribution in [-0.4, -0.2) is 26.7 Å². The monoisotopic (exact) mass is 206 g/mol. The molecule has 0 aliphatic carbocycles. The molecule has 0 bridgehead atoms. The molecule has 0 aliphatic heterocycles. The molecule has 0 amide bonds. The largest absolute Gasteiger partial charge is 0.760 e. The van der Waals surface area contributed by atoms with Crippen molar-refractivity contribution in [2.75, 3.05) is 13.6 Å². The first kappa shape index (κ1) is 13.1. The Kier molecular flexibility index (Phi) is 7.51. The predicted octanol–water partition coefficient (Wildman–Crippen LogP) is 1.93. The fourth-order valence-corrected chi connectivity index (χ4v) is 1.67. The summed E-state index contributed by atoms with van der Waals surface area (Å²) in [6.45, 7) is 4.93. The Morgan fingerprint density at radius 1 is 1.46 bits per heavy atom. The van der Waals surface area contributed by atoms with Crippen LogP contribution in [-0.2, 0) is 11.3 Å². The maximum Gasteiger partial charge on any atom is 0.0206 e. The fraction of sp³-hybridized carbons (Fsp3) is 1.00. The molecule has 2 atom stereocenters. The van der Waals surface area contributed by atoms with Crippen molar-refractivity contribution in [3.8, 4) is 0 Å². The highest BCUT2D eigenvalue weighted by Gasteiger charge is 2.09. The Morgan fingerprint density at radius 2 is 2.08 bits per heavy atom. The zero-order valence-electron chi connectivity index (χ0n) is 8.78. The molecular formula is C9H20NO2S-. The minimum absolute atomic E-state index is 0.517. The van der Waals surface area contributed by atoms with E-state index in [2.05, 4.69) is 13.8 Å². The topological polar surface area (TPSA) is 43.4 Å². The Bertz CT molecular complexity index is 153. The van der Waals surface area contributed by atoms with E-state index in [1.54, 1.807) is 7.05 Å². The van der Waals surface area contributed by atoms with Crippen molar-refractivity contribution in [1.82, 2.24) is 4.31 Å². The third-order valence-electron chi connectivity index (χ3n) is 2.31. The number of unbranched alkanes of at least 4 members (excludes halogenated alkanes) is 1. The quantitative estimate of drug-likeness (QED) is 0.597. The second-order valence-electron chi connectivity index (χ2n) is 3.44. The van der Waals surface area contributed by atoms with Gasteiger partial charge in [0.25, 0.3) is 0 Å². The lowest BCUT2D eigenvalue weighted by Gasteiger charge is -2.24. The minimum atomic E-state index is -2.05. The summed E-state index contributed by atoms with van der Waals surface area (Å²) < 4.78 is 22.5. The van der Waals surface area contributed by atoms with Crippen LogP contribution in [0, 0.1) is 5.92 Å². The fourth-order valence-electron chi connectivity index (χ4n) is 1.34. The Balaban J connectivity index is 3.75. The molecule has 0 aromatic carbocycles. The molecule has 0 rings (SSSR count). The van der Waals surface area contributed by atoms with Crippen LogP contribution in [0.4, 0.5) is 0 Å². The normalized spacial score (nSPS) is 16.1. The van der Waals surface area contributed by atoms with Gasteiger partial charge in [-0.3, -0.25) is 4.21 Å². The number of hydrogen-bond donors (Lipinski definition) is 0. The van der Waals surface area contributed by atoms with Gasteiger partial charge in [0.15, 0.2) is 0 Å². The van der Waals surface area contributed by atoms with Gasteiger partial charge in [0.2, 0.25) is 0 Å². The van der Waals surface area contributed by atoms with Gasteiger partial charge in [0.05, 0.1) is 0 Å². The molecular weight excluding hydrogens is 186 g/mol. The van der Waals surface area contributed by atoms with Crippen LogP contribution >= 0.6 is 0 Å². The molecule has 0 saturated heterocycles. The van der Waals surface area contributed by atoms with Crippen molar-refractivity contribution < 1.29 is 8.76 Å². The van der Waals surface area contributed by atoms with E-state index in [9.17, 15) is 8.76 Å². The van der Waals surface area contributed by atoms with Crippen LogP contribution in [0.1, 0.15) is 39.5 Å². The maximum absolute atomic E-state index is 10.6. The van der Waals surface area contributed by atoms with Crippen molar-refractivity contribution in [2.24, 2.45) is 5.92 Å². The summed E-state index contributed by atoms with van der Waals surface area (Å²) in [5, 5.41) is 0. The highest BCUT2D eigenvalue weighted by Crippen LogP contribution is 2.13. The minimum Gasteiger partial charge on any atom is -0.760 e. The van der Waals surface area contributed by atoms with Gasteiger partial charge in [-0.15, -0.1) is 0 Å². The molecule has 3 nitrogen and oxygen atoms in total. The van der Waals surface area contributed by atoms with Gasteiger partial charge in [0.1, 0.15) is 0 Å². The summed E-state index contributed by atoms with van der Waals surface area (Å²) in [4.78, 5) is 0. The summed E-state index contributed by atoms with van der Waals surface area (Å²) in [7, 11) is 1.62. The van der Waals surface area contributed by atoms with Crippen molar-refractivity contribution in [2.45, 2.75) is 39.5 Å². The zero-order chi connectivity index (χ0) is 10.3. The summed E-state index contributed by atoms with van der Waals surface area (Å²) in [6, 6.07) is 0. The van der Waals surface area contributed by atoms with E-state index in [0.29, 0.717) is 12.5 Å². The third-order valence-corrected chi connectivity index (χ3v) is 2.97. The molecule has 2 unspecified atom stereocenters.